The summed E-state index contributed by atoms with van der Waals surface area (Å²) in [6.45, 7) is 4.94. The lowest BCUT2D eigenvalue weighted by atomic mass is 10.1. The van der Waals surface area contributed by atoms with Gasteiger partial charge < -0.3 is 5.32 Å². The van der Waals surface area contributed by atoms with Crippen molar-refractivity contribution >= 4 is 38.9 Å². The maximum Gasteiger partial charge on any atom is 0.417 e. The van der Waals surface area contributed by atoms with Crippen LogP contribution in [0.15, 0.2) is 36.4 Å². The Bertz CT molecular complexity index is 1040. The summed E-state index contributed by atoms with van der Waals surface area (Å²) >= 11 is 5.61. The van der Waals surface area contributed by atoms with Crippen LogP contribution in [0.4, 0.5) is 24.5 Å². The van der Waals surface area contributed by atoms with E-state index in [1.807, 2.05) is 13.0 Å². The number of alkyl halides is 3. The van der Waals surface area contributed by atoms with Crippen LogP contribution in [0.1, 0.15) is 23.6 Å². The quantitative estimate of drug-likeness (QED) is 0.716. The Morgan fingerprint density at radius 1 is 1.17 bits per heavy atom. The summed E-state index contributed by atoms with van der Waals surface area (Å²) in [5.41, 5.74) is 0.704. The van der Waals surface area contributed by atoms with Gasteiger partial charge in [-0.25, -0.2) is 8.42 Å². The monoisotopic (exact) mass is 448 g/mol. The Kier molecular flexibility index (Phi) is 6.54. The van der Waals surface area contributed by atoms with E-state index in [0.29, 0.717) is 16.1 Å². The van der Waals surface area contributed by atoms with Crippen molar-refractivity contribution in [2.24, 2.45) is 0 Å². The van der Waals surface area contributed by atoms with E-state index in [9.17, 15) is 26.4 Å². The molecule has 0 unspecified atom stereocenters. The molecular formula is C19H20ClF3N2O3S. The average Bonchev–Trinajstić information content (AvgIpc) is 2.58. The van der Waals surface area contributed by atoms with Crippen LogP contribution in [-0.2, 0) is 21.0 Å². The van der Waals surface area contributed by atoms with Crippen molar-refractivity contribution in [1.29, 1.82) is 0 Å². The lowest BCUT2D eigenvalue weighted by Crippen LogP contribution is -2.45. The summed E-state index contributed by atoms with van der Waals surface area (Å²) < 4.78 is 64.9. The number of amides is 1. The number of carbonyl (C=O) groups is 1. The van der Waals surface area contributed by atoms with E-state index in [1.165, 1.54) is 6.92 Å². The number of anilines is 2. The first kappa shape index (κ1) is 23.0. The molecule has 0 fully saturated rings. The van der Waals surface area contributed by atoms with Crippen molar-refractivity contribution in [3.05, 3.63) is 58.1 Å². The Labute approximate surface area is 172 Å². The molecule has 158 valence electrons. The minimum Gasteiger partial charge on any atom is -0.324 e. The van der Waals surface area contributed by atoms with Crippen molar-refractivity contribution in [1.82, 2.24) is 0 Å². The number of hydrogen-bond acceptors (Lipinski definition) is 3. The van der Waals surface area contributed by atoms with E-state index >= 15 is 0 Å². The number of aryl methyl sites for hydroxylation is 1. The van der Waals surface area contributed by atoms with Crippen molar-refractivity contribution < 1.29 is 26.4 Å². The predicted octanol–water partition coefficient (Wildman–Crippen LogP) is 4.77. The molecule has 5 nitrogen and oxygen atoms in total. The van der Waals surface area contributed by atoms with Gasteiger partial charge >= 0.3 is 6.18 Å². The first-order valence-corrected chi connectivity index (χ1v) is 10.7. The molecule has 2 aromatic carbocycles. The molecule has 0 radical (unpaired) electrons. The average molecular weight is 449 g/mol. The number of halogens is 4. The second-order valence-electron chi connectivity index (χ2n) is 6.63. The van der Waals surface area contributed by atoms with Gasteiger partial charge in [-0.2, -0.15) is 13.2 Å². The zero-order chi connectivity index (χ0) is 22.1. The zero-order valence-corrected chi connectivity index (χ0v) is 17.7. The van der Waals surface area contributed by atoms with Gasteiger partial charge in [-0.1, -0.05) is 23.7 Å². The Morgan fingerprint density at radius 2 is 1.79 bits per heavy atom. The van der Waals surface area contributed by atoms with Crippen LogP contribution < -0.4 is 9.62 Å². The molecule has 1 amide bonds. The van der Waals surface area contributed by atoms with Crippen LogP contribution in [0, 0.1) is 13.8 Å². The van der Waals surface area contributed by atoms with Gasteiger partial charge in [0.25, 0.3) is 0 Å². The molecule has 0 bridgehead atoms. The number of carbonyl (C=O) groups excluding carboxylic acids is 1. The molecule has 10 heteroatoms. The highest BCUT2D eigenvalue weighted by Crippen LogP contribution is 2.37. The number of sulfonamides is 1. The summed E-state index contributed by atoms with van der Waals surface area (Å²) in [6.07, 6.45) is -3.96. The number of nitrogens with one attached hydrogen (secondary N) is 1. The molecule has 0 saturated carbocycles. The highest BCUT2D eigenvalue weighted by atomic mass is 35.5. The molecule has 1 atom stereocenters. The Morgan fingerprint density at radius 3 is 2.34 bits per heavy atom. The lowest BCUT2D eigenvalue weighted by Gasteiger charge is -2.29. The van der Waals surface area contributed by atoms with Crippen LogP contribution in [0.2, 0.25) is 5.02 Å². The Hall–Kier alpha value is -2.26. The third-order valence-electron chi connectivity index (χ3n) is 4.46. The molecule has 0 aromatic heterocycles. The summed E-state index contributed by atoms with van der Waals surface area (Å²) in [5.74, 6) is -0.687. The number of hydrogen-bond donors (Lipinski definition) is 1. The number of rotatable bonds is 5. The molecule has 0 heterocycles. The second kappa shape index (κ2) is 8.23. The first-order valence-electron chi connectivity index (χ1n) is 8.46. The van der Waals surface area contributed by atoms with Crippen LogP contribution in [0.3, 0.4) is 0 Å². The summed E-state index contributed by atoms with van der Waals surface area (Å²) in [4.78, 5) is 12.7. The highest BCUT2D eigenvalue weighted by molar-refractivity contribution is 7.92. The molecule has 0 aliphatic heterocycles. The fourth-order valence-corrected chi connectivity index (χ4v) is 4.19. The van der Waals surface area contributed by atoms with Gasteiger partial charge in [0.15, 0.2) is 0 Å². The third kappa shape index (κ3) is 5.22. The SMILES string of the molecule is Cc1cccc(NC(=O)[C@@H](C)N(c2ccc(Cl)c(C(F)(F)F)c2)S(C)(=O)=O)c1C. The maximum absolute atomic E-state index is 13.2. The fraction of sp³-hybridized carbons (Fsp3) is 0.316. The molecule has 2 aromatic rings. The maximum atomic E-state index is 13.2. The molecule has 0 aliphatic rings. The van der Waals surface area contributed by atoms with Gasteiger partial charge in [-0.05, 0) is 56.2 Å². The molecule has 0 saturated heterocycles. The molecule has 0 spiro atoms. The normalized spacial score (nSPS) is 13.1. The third-order valence-corrected chi connectivity index (χ3v) is 6.03. The number of nitrogens with zero attached hydrogens (tertiary/aromatic N) is 1. The van der Waals surface area contributed by atoms with E-state index < -0.39 is 38.7 Å². The highest BCUT2D eigenvalue weighted by Gasteiger charge is 2.36. The molecule has 29 heavy (non-hydrogen) atoms. The summed E-state index contributed by atoms with van der Waals surface area (Å²) in [6, 6.07) is 6.61. The minimum atomic E-state index is -4.78. The van der Waals surface area contributed by atoms with Crippen LogP contribution >= 0.6 is 11.6 Å². The van der Waals surface area contributed by atoms with Gasteiger partial charge in [0.1, 0.15) is 6.04 Å². The van der Waals surface area contributed by atoms with Crippen LogP contribution in [-0.4, -0.2) is 26.6 Å². The summed E-state index contributed by atoms with van der Waals surface area (Å²) in [7, 11) is -4.09. The molecule has 1 N–H and O–H groups in total. The summed E-state index contributed by atoms with van der Waals surface area (Å²) in [5, 5.41) is 2.07. The van der Waals surface area contributed by atoms with E-state index in [2.05, 4.69) is 5.32 Å². The van der Waals surface area contributed by atoms with E-state index in [-0.39, 0.29) is 5.69 Å². The van der Waals surface area contributed by atoms with Gasteiger partial charge in [0, 0.05) is 5.69 Å². The van der Waals surface area contributed by atoms with Crippen LogP contribution in [0.5, 0.6) is 0 Å². The minimum absolute atomic E-state index is 0.312. The van der Waals surface area contributed by atoms with Crippen LogP contribution in [0.25, 0.3) is 0 Å². The van der Waals surface area contributed by atoms with Gasteiger partial charge in [-0.3, -0.25) is 9.10 Å². The van der Waals surface area contributed by atoms with E-state index in [0.717, 1.165) is 29.5 Å². The zero-order valence-electron chi connectivity index (χ0n) is 16.1. The standard InChI is InChI=1S/C19H20ClF3N2O3S/c1-11-6-5-7-17(12(11)2)24-18(26)13(3)25(29(4,27)28)14-8-9-16(20)15(10-14)19(21,22)23/h5-10,13H,1-4H3,(H,24,26)/t13-/m1/s1. The van der Waals surface area contributed by atoms with E-state index in [1.54, 1.807) is 19.1 Å². The van der Waals surface area contributed by atoms with Crippen molar-refractivity contribution in [2.75, 3.05) is 15.9 Å². The first-order chi connectivity index (χ1) is 13.2. The van der Waals surface area contributed by atoms with Crippen molar-refractivity contribution in [2.45, 2.75) is 33.0 Å². The topological polar surface area (TPSA) is 66.5 Å². The Balaban J connectivity index is 2.46. The second-order valence-corrected chi connectivity index (χ2v) is 8.90. The lowest BCUT2D eigenvalue weighted by molar-refractivity contribution is -0.137. The fourth-order valence-electron chi connectivity index (χ4n) is 2.80. The predicted molar refractivity (Wildman–Crippen MR) is 108 cm³/mol. The van der Waals surface area contributed by atoms with E-state index in [4.69, 9.17) is 11.6 Å². The largest absolute Gasteiger partial charge is 0.417 e. The van der Waals surface area contributed by atoms with Gasteiger partial charge in [-0.15, -0.1) is 0 Å². The van der Waals surface area contributed by atoms with Gasteiger partial charge in [0.05, 0.1) is 22.5 Å². The molecule has 0 aliphatic carbocycles. The smallest absolute Gasteiger partial charge is 0.324 e. The number of benzene rings is 2. The molecular weight excluding hydrogens is 429 g/mol. The van der Waals surface area contributed by atoms with Crippen molar-refractivity contribution in [3.63, 3.8) is 0 Å². The molecule has 2 rings (SSSR count). The van der Waals surface area contributed by atoms with Crippen molar-refractivity contribution in [3.8, 4) is 0 Å². The van der Waals surface area contributed by atoms with Gasteiger partial charge in [0.2, 0.25) is 15.9 Å².